The zero-order valence-electron chi connectivity index (χ0n) is 9.50. The Labute approximate surface area is 99.4 Å². The molecular formula is C11H16N4O2. The lowest BCUT2D eigenvalue weighted by Gasteiger charge is -2.26. The fraction of sp³-hybridized carbons (Fsp3) is 0.545. The molecule has 0 unspecified atom stereocenters. The summed E-state index contributed by atoms with van der Waals surface area (Å²) in [6.07, 6.45) is 6.40. The Balaban J connectivity index is 2.05. The van der Waals surface area contributed by atoms with Crippen LogP contribution in [-0.2, 0) is 0 Å². The Hall–Kier alpha value is -1.69. The van der Waals surface area contributed by atoms with Crippen LogP contribution >= 0.6 is 0 Å². The van der Waals surface area contributed by atoms with Gasteiger partial charge in [-0.25, -0.2) is 9.97 Å². The standard InChI is InChI=1S/C11H16N4O2/c12-7-1-3-8(4-2-7)17-11-9(10(13)16)5-14-6-15-11/h5-8H,1-4,12H2,(H2,13,16). The second-order valence-corrected chi connectivity index (χ2v) is 4.26. The number of nitrogens with two attached hydrogens (primary N) is 2. The molecule has 4 N–H and O–H groups in total. The maximum atomic E-state index is 11.2. The summed E-state index contributed by atoms with van der Waals surface area (Å²) in [6.45, 7) is 0. The molecule has 1 amide bonds. The maximum Gasteiger partial charge on any atom is 0.255 e. The van der Waals surface area contributed by atoms with Crippen LogP contribution in [0, 0.1) is 0 Å². The lowest BCUT2D eigenvalue weighted by atomic mass is 9.94. The summed E-state index contributed by atoms with van der Waals surface area (Å²) >= 11 is 0. The number of primary amides is 1. The van der Waals surface area contributed by atoms with E-state index in [1.165, 1.54) is 12.5 Å². The summed E-state index contributed by atoms with van der Waals surface area (Å²) in [5.74, 6) is -0.305. The molecule has 0 spiro atoms. The highest BCUT2D eigenvalue weighted by Gasteiger charge is 2.22. The molecule has 6 nitrogen and oxygen atoms in total. The van der Waals surface area contributed by atoms with Crippen molar-refractivity contribution in [2.45, 2.75) is 37.8 Å². The summed E-state index contributed by atoms with van der Waals surface area (Å²) in [5, 5.41) is 0. The minimum absolute atomic E-state index is 0.0581. The first kappa shape index (κ1) is 11.8. The fourth-order valence-corrected chi connectivity index (χ4v) is 1.95. The van der Waals surface area contributed by atoms with Crippen LogP contribution in [0.3, 0.4) is 0 Å². The first-order valence-corrected chi connectivity index (χ1v) is 5.69. The third-order valence-corrected chi connectivity index (χ3v) is 2.94. The highest BCUT2D eigenvalue weighted by molar-refractivity contribution is 5.94. The molecule has 0 aliphatic heterocycles. The molecule has 0 aromatic carbocycles. The lowest BCUT2D eigenvalue weighted by molar-refractivity contribution is 0.0982. The van der Waals surface area contributed by atoms with Gasteiger partial charge < -0.3 is 16.2 Å². The minimum atomic E-state index is -0.576. The predicted molar refractivity (Wildman–Crippen MR) is 61.4 cm³/mol. The Morgan fingerprint density at radius 2 is 2.06 bits per heavy atom. The summed E-state index contributed by atoms with van der Waals surface area (Å²) in [4.78, 5) is 18.9. The monoisotopic (exact) mass is 236 g/mol. The molecule has 1 aliphatic carbocycles. The summed E-state index contributed by atoms with van der Waals surface area (Å²) < 4.78 is 5.69. The van der Waals surface area contributed by atoms with Gasteiger partial charge in [0, 0.05) is 12.2 Å². The van der Waals surface area contributed by atoms with Crippen LogP contribution < -0.4 is 16.2 Å². The average Bonchev–Trinajstić information content (AvgIpc) is 2.32. The van der Waals surface area contributed by atoms with E-state index >= 15 is 0 Å². The van der Waals surface area contributed by atoms with Crippen molar-refractivity contribution in [3.05, 3.63) is 18.1 Å². The molecule has 1 fully saturated rings. The summed E-state index contributed by atoms with van der Waals surface area (Å²) in [5.41, 5.74) is 11.3. The van der Waals surface area contributed by atoms with E-state index in [9.17, 15) is 4.79 Å². The first-order valence-electron chi connectivity index (χ1n) is 5.69. The quantitative estimate of drug-likeness (QED) is 0.781. The second-order valence-electron chi connectivity index (χ2n) is 4.26. The van der Waals surface area contributed by atoms with Crippen molar-refractivity contribution in [1.29, 1.82) is 0 Å². The summed E-state index contributed by atoms with van der Waals surface area (Å²) in [6, 6.07) is 0.260. The van der Waals surface area contributed by atoms with E-state index in [-0.39, 0.29) is 23.6 Å². The van der Waals surface area contributed by atoms with E-state index in [2.05, 4.69) is 9.97 Å². The van der Waals surface area contributed by atoms with E-state index < -0.39 is 5.91 Å². The molecular weight excluding hydrogens is 220 g/mol. The van der Waals surface area contributed by atoms with Crippen LogP contribution in [0.5, 0.6) is 5.88 Å². The Kier molecular flexibility index (Phi) is 3.53. The van der Waals surface area contributed by atoms with E-state index in [0.29, 0.717) is 0 Å². The fourth-order valence-electron chi connectivity index (χ4n) is 1.95. The van der Waals surface area contributed by atoms with Crippen LogP contribution in [0.15, 0.2) is 12.5 Å². The smallest absolute Gasteiger partial charge is 0.255 e. The number of hydrogen-bond acceptors (Lipinski definition) is 5. The van der Waals surface area contributed by atoms with Crippen LogP contribution in [0.4, 0.5) is 0 Å². The number of carbonyl (C=O) groups excluding carboxylic acids is 1. The van der Waals surface area contributed by atoms with Gasteiger partial charge >= 0.3 is 0 Å². The number of aromatic nitrogens is 2. The van der Waals surface area contributed by atoms with E-state index in [0.717, 1.165) is 25.7 Å². The van der Waals surface area contributed by atoms with E-state index in [1.807, 2.05) is 0 Å². The Bertz CT molecular complexity index is 402. The third kappa shape index (κ3) is 2.91. The molecule has 1 saturated carbocycles. The zero-order chi connectivity index (χ0) is 12.3. The summed E-state index contributed by atoms with van der Waals surface area (Å²) in [7, 11) is 0. The van der Waals surface area contributed by atoms with Crippen LogP contribution in [0.25, 0.3) is 0 Å². The van der Waals surface area contributed by atoms with Crippen LogP contribution in [0.1, 0.15) is 36.0 Å². The molecule has 6 heteroatoms. The SMILES string of the molecule is NC(=O)c1cncnc1OC1CCC(N)CC1. The van der Waals surface area contributed by atoms with E-state index in [4.69, 9.17) is 16.2 Å². The topological polar surface area (TPSA) is 104 Å². The van der Waals surface area contributed by atoms with Gasteiger partial charge in [0.1, 0.15) is 18.0 Å². The largest absolute Gasteiger partial charge is 0.474 e. The van der Waals surface area contributed by atoms with Gasteiger partial charge in [-0.15, -0.1) is 0 Å². The number of ether oxygens (including phenoxy) is 1. The van der Waals surface area contributed by atoms with Gasteiger partial charge in [-0.1, -0.05) is 0 Å². The second kappa shape index (κ2) is 5.09. The molecule has 0 radical (unpaired) electrons. The van der Waals surface area contributed by atoms with Gasteiger partial charge in [-0.3, -0.25) is 4.79 Å². The number of hydrogen-bond donors (Lipinski definition) is 2. The van der Waals surface area contributed by atoms with Crippen LogP contribution in [-0.4, -0.2) is 28.0 Å². The third-order valence-electron chi connectivity index (χ3n) is 2.94. The van der Waals surface area contributed by atoms with Crippen molar-refractivity contribution in [1.82, 2.24) is 9.97 Å². The molecule has 1 aliphatic rings. The van der Waals surface area contributed by atoms with Crippen molar-refractivity contribution in [2.24, 2.45) is 11.5 Å². The zero-order valence-corrected chi connectivity index (χ0v) is 9.50. The highest BCUT2D eigenvalue weighted by Crippen LogP contribution is 2.23. The minimum Gasteiger partial charge on any atom is -0.474 e. The molecule has 0 bridgehead atoms. The van der Waals surface area contributed by atoms with Gasteiger partial charge in [0.2, 0.25) is 5.88 Å². The molecule has 0 atom stereocenters. The highest BCUT2D eigenvalue weighted by atomic mass is 16.5. The average molecular weight is 236 g/mol. The molecule has 1 heterocycles. The van der Waals surface area contributed by atoms with Crippen molar-refractivity contribution >= 4 is 5.91 Å². The Morgan fingerprint density at radius 1 is 1.35 bits per heavy atom. The van der Waals surface area contributed by atoms with E-state index in [1.54, 1.807) is 0 Å². The Morgan fingerprint density at radius 3 is 2.71 bits per heavy atom. The number of nitrogens with zero attached hydrogens (tertiary/aromatic N) is 2. The molecule has 1 aromatic heterocycles. The molecule has 92 valence electrons. The maximum absolute atomic E-state index is 11.2. The molecule has 1 aromatic rings. The van der Waals surface area contributed by atoms with Crippen molar-refractivity contribution < 1.29 is 9.53 Å². The number of rotatable bonds is 3. The van der Waals surface area contributed by atoms with Gasteiger partial charge in [0.05, 0.1) is 0 Å². The molecule has 17 heavy (non-hydrogen) atoms. The lowest BCUT2D eigenvalue weighted by Crippen LogP contribution is -2.32. The van der Waals surface area contributed by atoms with Gasteiger partial charge in [0.15, 0.2) is 0 Å². The number of carbonyl (C=O) groups is 1. The van der Waals surface area contributed by atoms with Crippen molar-refractivity contribution in [3.63, 3.8) is 0 Å². The molecule has 2 rings (SSSR count). The van der Waals surface area contributed by atoms with Gasteiger partial charge in [-0.2, -0.15) is 0 Å². The predicted octanol–water partition coefficient (Wildman–Crippen LogP) is 0.224. The number of amides is 1. The normalized spacial score (nSPS) is 24.3. The van der Waals surface area contributed by atoms with Gasteiger partial charge in [0.25, 0.3) is 5.91 Å². The first-order chi connectivity index (χ1) is 8.16. The molecule has 0 saturated heterocycles. The van der Waals surface area contributed by atoms with Crippen LogP contribution in [0.2, 0.25) is 0 Å². The van der Waals surface area contributed by atoms with Crippen molar-refractivity contribution in [3.8, 4) is 5.88 Å². The van der Waals surface area contributed by atoms with Gasteiger partial charge in [-0.05, 0) is 25.7 Å². The van der Waals surface area contributed by atoms with Crippen molar-refractivity contribution in [2.75, 3.05) is 0 Å².